The van der Waals surface area contributed by atoms with E-state index >= 15 is 0 Å². The van der Waals surface area contributed by atoms with Gasteiger partial charge in [0.1, 0.15) is 0 Å². The lowest BCUT2D eigenvalue weighted by molar-refractivity contribution is 0.824. The fourth-order valence-electron chi connectivity index (χ4n) is 3.42. The van der Waals surface area contributed by atoms with Crippen LogP contribution >= 0.6 is 11.6 Å². The summed E-state index contributed by atoms with van der Waals surface area (Å²) in [5, 5.41) is 11.8. The standard InChI is InChI=1S/C23H15ClN4O/c24-17-7-4-8-18(15-17)27-14-12-22(29)23(26-27)21-11-13-25-28(21)20-10-3-6-16-5-1-2-9-19(16)20/h1-15H. The monoisotopic (exact) mass is 398 g/mol. The fraction of sp³-hybridized carbons (Fsp3) is 0. The Labute approximate surface area is 171 Å². The SMILES string of the molecule is O=c1ccn(-c2cccc(Cl)c2)nc1-c1ccnn1-c1cccc2ccccc12. The summed E-state index contributed by atoms with van der Waals surface area (Å²) < 4.78 is 3.40. The van der Waals surface area contributed by atoms with E-state index in [0.717, 1.165) is 22.1 Å². The number of fused-ring (bicyclic) bond motifs is 1. The smallest absolute Gasteiger partial charge is 0.209 e. The van der Waals surface area contributed by atoms with Gasteiger partial charge in [-0.1, -0.05) is 54.1 Å². The van der Waals surface area contributed by atoms with Gasteiger partial charge in [-0.15, -0.1) is 0 Å². The van der Waals surface area contributed by atoms with Gasteiger partial charge in [-0.25, -0.2) is 9.36 Å². The largest absolute Gasteiger partial charge is 0.287 e. The molecule has 140 valence electrons. The molecule has 6 heteroatoms. The predicted octanol–water partition coefficient (Wildman–Crippen LogP) is 4.89. The molecule has 0 aliphatic heterocycles. The summed E-state index contributed by atoms with van der Waals surface area (Å²) >= 11 is 6.11. The highest BCUT2D eigenvalue weighted by atomic mass is 35.5. The molecule has 5 aromatic rings. The number of hydrogen-bond acceptors (Lipinski definition) is 3. The van der Waals surface area contributed by atoms with Crippen LogP contribution < -0.4 is 5.43 Å². The van der Waals surface area contributed by atoms with Crippen molar-refractivity contribution in [3.63, 3.8) is 0 Å². The summed E-state index contributed by atoms with van der Waals surface area (Å²) in [5.41, 5.74) is 2.43. The van der Waals surface area contributed by atoms with Crippen LogP contribution in [-0.2, 0) is 0 Å². The number of rotatable bonds is 3. The third-order valence-electron chi connectivity index (χ3n) is 4.76. The van der Waals surface area contributed by atoms with Crippen molar-refractivity contribution in [3.05, 3.63) is 107 Å². The molecule has 0 fully saturated rings. The molecule has 0 atom stereocenters. The minimum atomic E-state index is -0.176. The van der Waals surface area contributed by atoms with Gasteiger partial charge in [0.05, 0.1) is 23.3 Å². The number of hydrogen-bond donors (Lipinski definition) is 0. The summed E-state index contributed by atoms with van der Waals surface area (Å²) in [5.74, 6) is 0. The molecule has 0 radical (unpaired) electrons. The molecule has 2 aromatic heterocycles. The molecule has 0 aliphatic carbocycles. The normalized spacial score (nSPS) is 11.1. The highest BCUT2D eigenvalue weighted by Gasteiger charge is 2.15. The van der Waals surface area contributed by atoms with E-state index < -0.39 is 0 Å². The van der Waals surface area contributed by atoms with E-state index in [0.29, 0.717) is 16.4 Å². The third kappa shape index (κ3) is 3.11. The van der Waals surface area contributed by atoms with Crippen LogP contribution in [0, 0.1) is 0 Å². The summed E-state index contributed by atoms with van der Waals surface area (Å²) in [6.07, 6.45) is 3.31. The molecule has 0 unspecified atom stereocenters. The molecular formula is C23H15ClN4O. The second-order valence-corrected chi connectivity index (χ2v) is 7.02. The molecule has 0 saturated heterocycles. The Morgan fingerprint density at radius 1 is 0.862 bits per heavy atom. The lowest BCUT2D eigenvalue weighted by Gasteiger charge is -2.11. The Bertz CT molecular complexity index is 1400. The second kappa shape index (κ2) is 7.04. The molecule has 0 saturated carbocycles. The van der Waals surface area contributed by atoms with Crippen molar-refractivity contribution >= 4 is 22.4 Å². The number of nitrogens with zero attached hydrogens (tertiary/aromatic N) is 4. The Hall–Kier alpha value is -3.70. The van der Waals surface area contributed by atoms with Crippen molar-refractivity contribution in [2.24, 2.45) is 0 Å². The molecule has 0 N–H and O–H groups in total. The maximum Gasteiger partial charge on any atom is 0.209 e. The van der Waals surface area contributed by atoms with E-state index in [1.165, 1.54) is 6.07 Å². The first kappa shape index (κ1) is 17.4. The summed E-state index contributed by atoms with van der Waals surface area (Å²) in [4.78, 5) is 12.7. The Morgan fingerprint density at radius 3 is 2.59 bits per heavy atom. The molecule has 0 spiro atoms. The molecule has 2 heterocycles. The molecule has 0 amide bonds. The van der Waals surface area contributed by atoms with Gasteiger partial charge in [0.15, 0.2) is 5.69 Å². The molecule has 29 heavy (non-hydrogen) atoms. The van der Waals surface area contributed by atoms with Crippen LogP contribution in [0.4, 0.5) is 0 Å². The van der Waals surface area contributed by atoms with Crippen LogP contribution in [0.3, 0.4) is 0 Å². The minimum Gasteiger partial charge on any atom is -0.287 e. The van der Waals surface area contributed by atoms with Gasteiger partial charge >= 0.3 is 0 Å². The van der Waals surface area contributed by atoms with Gasteiger partial charge in [-0.2, -0.15) is 10.2 Å². The van der Waals surface area contributed by atoms with Crippen LogP contribution in [-0.4, -0.2) is 19.6 Å². The number of halogens is 1. The van der Waals surface area contributed by atoms with Crippen molar-refractivity contribution in [1.29, 1.82) is 0 Å². The molecule has 3 aromatic carbocycles. The molecule has 0 aliphatic rings. The Morgan fingerprint density at radius 2 is 1.69 bits per heavy atom. The number of aromatic nitrogens is 4. The quantitative estimate of drug-likeness (QED) is 0.434. The van der Waals surface area contributed by atoms with Crippen LogP contribution in [0.15, 0.2) is 96.1 Å². The summed E-state index contributed by atoms with van der Waals surface area (Å²) in [7, 11) is 0. The highest BCUT2D eigenvalue weighted by Crippen LogP contribution is 2.25. The van der Waals surface area contributed by atoms with Crippen molar-refractivity contribution in [1.82, 2.24) is 19.6 Å². The van der Waals surface area contributed by atoms with Gasteiger partial charge in [-0.3, -0.25) is 4.79 Å². The maximum absolute atomic E-state index is 12.7. The van der Waals surface area contributed by atoms with E-state index in [4.69, 9.17) is 11.6 Å². The summed E-state index contributed by atoms with van der Waals surface area (Å²) in [6, 6.07) is 24.7. The van der Waals surface area contributed by atoms with Crippen LogP contribution in [0.1, 0.15) is 0 Å². The minimum absolute atomic E-state index is 0.176. The van der Waals surface area contributed by atoms with Crippen molar-refractivity contribution in [2.45, 2.75) is 0 Å². The topological polar surface area (TPSA) is 52.7 Å². The van der Waals surface area contributed by atoms with Gasteiger partial charge in [0.2, 0.25) is 5.43 Å². The maximum atomic E-state index is 12.7. The first-order chi connectivity index (χ1) is 14.2. The number of benzene rings is 3. The van der Waals surface area contributed by atoms with Crippen molar-refractivity contribution in [2.75, 3.05) is 0 Å². The molecule has 0 bridgehead atoms. The zero-order chi connectivity index (χ0) is 19.8. The van der Waals surface area contributed by atoms with Gasteiger partial charge in [-0.05, 0) is 35.7 Å². The Balaban J connectivity index is 1.70. The fourth-order valence-corrected chi connectivity index (χ4v) is 3.60. The molecule has 5 nitrogen and oxygen atoms in total. The Kier molecular flexibility index (Phi) is 4.22. The van der Waals surface area contributed by atoms with Gasteiger partial charge in [0, 0.05) is 22.7 Å². The van der Waals surface area contributed by atoms with Crippen LogP contribution in [0.5, 0.6) is 0 Å². The molecular weight excluding hydrogens is 384 g/mol. The van der Waals surface area contributed by atoms with E-state index in [-0.39, 0.29) is 5.43 Å². The van der Waals surface area contributed by atoms with Crippen molar-refractivity contribution < 1.29 is 0 Å². The predicted molar refractivity (Wildman–Crippen MR) is 115 cm³/mol. The zero-order valence-corrected chi connectivity index (χ0v) is 16.0. The molecule has 5 rings (SSSR count). The van der Waals surface area contributed by atoms with E-state index in [1.807, 2.05) is 42.5 Å². The first-order valence-electron chi connectivity index (χ1n) is 9.09. The van der Waals surface area contributed by atoms with Crippen molar-refractivity contribution in [3.8, 4) is 22.8 Å². The lowest BCUT2D eigenvalue weighted by atomic mass is 10.1. The highest BCUT2D eigenvalue weighted by molar-refractivity contribution is 6.30. The third-order valence-corrected chi connectivity index (χ3v) is 5.00. The van der Waals surface area contributed by atoms with Gasteiger partial charge < -0.3 is 0 Å². The average Bonchev–Trinajstić information content (AvgIpc) is 3.23. The first-order valence-corrected chi connectivity index (χ1v) is 9.47. The summed E-state index contributed by atoms with van der Waals surface area (Å²) in [6.45, 7) is 0. The lowest BCUT2D eigenvalue weighted by Crippen LogP contribution is -2.14. The average molecular weight is 399 g/mol. The second-order valence-electron chi connectivity index (χ2n) is 6.58. The van der Waals surface area contributed by atoms with E-state index in [1.54, 1.807) is 40.0 Å². The van der Waals surface area contributed by atoms with Crippen LogP contribution in [0.25, 0.3) is 33.5 Å². The van der Waals surface area contributed by atoms with E-state index in [2.05, 4.69) is 22.3 Å². The van der Waals surface area contributed by atoms with E-state index in [9.17, 15) is 4.79 Å². The van der Waals surface area contributed by atoms with Crippen LogP contribution in [0.2, 0.25) is 5.02 Å². The zero-order valence-electron chi connectivity index (χ0n) is 15.2. The van der Waals surface area contributed by atoms with Gasteiger partial charge in [0.25, 0.3) is 0 Å².